The summed E-state index contributed by atoms with van der Waals surface area (Å²) < 4.78 is 4.47. The summed E-state index contributed by atoms with van der Waals surface area (Å²) in [5.74, 6) is -2.02. The largest absolute Gasteiger partial charge is 0.459 e. The van der Waals surface area contributed by atoms with E-state index >= 15 is 0 Å². The number of hydrogen-bond donors (Lipinski definition) is 1. The Labute approximate surface area is 124 Å². The van der Waals surface area contributed by atoms with Crippen molar-refractivity contribution in [1.29, 1.82) is 0 Å². The van der Waals surface area contributed by atoms with Crippen LogP contribution in [0.25, 0.3) is 0 Å². The van der Waals surface area contributed by atoms with Gasteiger partial charge in [0, 0.05) is 5.56 Å². The molecule has 1 rings (SSSR count). The van der Waals surface area contributed by atoms with Crippen molar-refractivity contribution in [1.82, 2.24) is 5.43 Å². The molecule has 0 atom stereocenters. The van der Waals surface area contributed by atoms with E-state index in [0.717, 1.165) is 0 Å². The van der Waals surface area contributed by atoms with Gasteiger partial charge in [-0.3, -0.25) is 4.79 Å². The summed E-state index contributed by atoms with van der Waals surface area (Å²) in [6.07, 6.45) is 1.19. The summed E-state index contributed by atoms with van der Waals surface area (Å²) >= 11 is 17.6. The zero-order chi connectivity index (χ0) is 14.4. The lowest BCUT2D eigenvalue weighted by molar-refractivity contribution is -0.154. The van der Waals surface area contributed by atoms with Crippen molar-refractivity contribution in [2.45, 2.75) is 6.92 Å². The number of nitrogens with zero attached hydrogens (tertiary/aromatic N) is 1. The first-order valence-electron chi connectivity index (χ1n) is 5.11. The molecule has 5 nitrogen and oxygen atoms in total. The van der Waals surface area contributed by atoms with Crippen LogP contribution in [0.15, 0.2) is 17.2 Å². The van der Waals surface area contributed by atoms with Gasteiger partial charge in [0.25, 0.3) is 0 Å². The summed E-state index contributed by atoms with van der Waals surface area (Å²) in [4.78, 5) is 22.2. The maximum absolute atomic E-state index is 11.2. The van der Waals surface area contributed by atoms with Crippen LogP contribution in [0.1, 0.15) is 12.5 Å². The van der Waals surface area contributed by atoms with Gasteiger partial charge in [-0.1, -0.05) is 34.8 Å². The Morgan fingerprint density at radius 3 is 2.58 bits per heavy atom. The molecule has 1 amide bonds. The first kappa shape index (κ1) is 15.8. The van der Waals surface area contributed by atoms with Gasteiger partial charge in [-0.15, -0.1) is 0 Å². The molecule has 8 heteroatoms. The first-order valence-corrected chi connectivity index (χ1v) is 6.24. The van der Waals surface area contributed by atoms with Crippen molar-refractivity contribution in [2.75, 3.05) is 6.61 Å². The van der Waals surface area contributed by atoms with E-state index in [4.69, 9.17) is 34.8 Å². The molecule has 0 aliphatic carbocycles. The third-order valence-corrected chi connectivity index (χ3v) is 3.05. The number of hydrogen-bond acceptors (Lipinski definition) is 4. The lowest BCUT2D eigenvalue weighted by Gasteiger charge is -2.03. The molecule has 0 aliphatic rings. The molecule has 0 heterocycles. The van der Waals surface area contributed by atoms with Gasteiger partial charge in [0.05, 0.1) is 27.9 Å². The quantitative estimate of drug-likeness (QED) is 0.306. The monoisotopic (exact) mass is 322 g/mol. The number of amides is 1. The number of halogens is 3. The molecule has 102 valence electrons. The van der Waals surface area contributed by atoms with E-state index in [9.17, 15) is 9.59 Å². The van der Waals surface area contributed by atoms with Crippen molar-refractivity contribution < 1.29 is 14.3 Å². The molecular formula is C11H9Cl3N2O3. The van der Waals surface area contributed by atoms with Crippen LogP contribution in [-0.4, -0.2) is 24.7 Å². The van der Waals surface area contributed by atoms with Gasteiger partial charge in [0.15, 0.2) is 0 Å². The molecular weight excluding hydrogens is 314 g/mol. The zero-order valence-electron chi connectivity index (χ0n) is 9.75. The van der Waals surface area contributed by atoms with Crippen LogP contribution < -0.4 is 5.43 Å². The Balaban J connectivity index is 2.76. The van der Waals surface area contributed by atoms with E-state index in [1.165, 1.54) is 18.3 Å². The van der Waals surface area contributed by atoms with Gasteiger partial charge in [-0.2, -0.15) is 5.10 Å². The lowest BCUT2D eigenvalue weighted by Crippen LogP contribution is -2.28. The third kappa shape index (κ3) is 4.38. The number of rotatable bonds is 3. The van der Waals surface area contributed by atoms with Crippen molar-refractivity contribution in [3.05, 3.63) is 32.8 Å². The molecule has 0 bridgehead atoms. The molecule has 1 aromatic carbocycles. The zero-order valence-corrected chi connectivity index (χ0v) is 12.0. The Morgan fingerprint density at radius 2 is 1.95 bits per heavy atom. The Bertz CT molecular complexity index is 532. The van der Waals surface area contributed by atoms with E-state index in [-0.39, 0.29) is 11.6 Å². The molecule has 0 aromatic heterocycles. The number of ether oxygens (including phenoxy) is 1. The van der Waals surface area contributed by atoms with Gasteiger partial charge < -0.3 is 4.74 Å². The minimum absolute atomic E-state index is 0.0991. The molecule has 0 saturated carbocycles. The van der Waals surface area contributed by atoms with E-state index in [1.807, 2.05) is 5.43 Å². The Kier molecular flexibility index (Phi) is 6.08. The normalized spacial score (nSPS) is 10.5. The Hall–Kier alpha value is -1.30. The predicted octanol–water partition coefficient (Wildman–Crippen LogP) is 2.66. The Morgan fingerprint density at radius 1 is 1.32 bits per heavy atom. The molecule has 0 unspecified atom stereocenters. The maximum Gasteiger partial charge on any atom is 0.398 e. The minimum atomic E-state index is -1.03. The minimum Gasteiger partial charge on any atom is -0.459 e. The molecule has 0 spiro atoms. The van der Waals surface area contributed by atoms with Crippen molar-refractivity contribution in [2.24, 2.45) is 5.10 Å². The highest BCUT2D eigenvalue weighted by Crippen LogP contribution is 2.29. The van der Waals surface area contributed by atoms with E-state index in [2.05, 4.69) is 9.84 Å². The maximum atomic E-state index is 11.2. The smallest absolute Gasteiger partial charge is 0.398 e. The van der Waals surface area contributed by atoms with Crippen LogP contribution in [0.4, 0.5) is 0 Å². The highest BCUT2D eigenvalue weighted by Gasteiger charge is 2.13. The number of hydrazone groups is 1. The van der Waals surface area contributed by atoms with Gasteiger partial charge in [-0.05, 0) is 19.1 Å². The first-order chi connectivity index (χ1) is 8.97. The van der Waals surface area contributed by atoms with Crippen LogP contribution >= 0.6 is 34.8 Å². The molecule has 0 fully saturated rings. The second kappa shape index (κ2) is 7.33. The van der Waals surface area contributed by atoms with E-state index < -0.39 is 11.9 Å². The molecule has 1 aromatic rings. The summed E-state index contributed by atoms with van der Waals surface area (Å²) in [7, 11) is 0. The fourth-order valence-electron chi connectivity index (χ4n) is 1.06. The number of benzene rings is 1. The van der Waals surface area contributed by atoms with Crippen molar-refractivity contribution in [3.63, 3.8) is 0 Å². The number of carbonyl (C=O) groups excluding carboxylic acids is 2. The van der Waals surface area contributed by atoms with Crippen molar-refractivity contribution in [3.8, 4) is 0 Å². The van der Waals surface area contributed by atoms with Gasteiger partial charge in [-0.25, -0.2) is 10.2 Å². The van der Waals surface area contributed by atoms with Crippen LogP contribution in [-0.2, 0) is 14.3 Å². The lowest BCUT2D eigenvalue weighted by atomic mass is 10.2. The van der Waals surface area contributed by atoms with E-state index in [0.29, 0.717) is 15.6 Å². The molecule has 0 saturated heterocycles. The summed E-state index contributed by atoms with van der Waals surface area (Å²) in [6.45, 7) is 1.68. The standard InChI is InChI=1S/C11H9Cl3N2O3/c1-2-19-11(18)10(17)16-15-5-6-7(12)3-4-8(13)9(6)14/h3-5H,2H2,1H3,(H,16,17)/b15-5+. The summed E-state index contributed by atoms with van der Waals surface area (Å²) in [5, 5.41) is 4.36. The highest BCUT2D eigenvalue weighted by molar-refractivity contribution is 6.45. The van der Waals surface area contributed by atoms with Gasteiger partial charge in [0.1, 0.15) is 0 Å². The molecule has 0 radical (unpaired) electrons. The van der Waals surface area contributed by atoms with Crippen LogP contribution in [0.2, 0.25) is 15.1 Å². The second-order valence-electron chi connectivity index (χ2n) is 3.18. The second-order valence-corrected chi connectivity index (χ2v) is 4.37. The molecule has 19 heavy (non-hydrogen) atoms. The topological polar surface area (TPSA) is 67.8 Å². The average Bonchev–Trinajstić information content (AvgIpc) is 2.38. The fraction of sp³-hybridized carbons (Fsp3) is 0.182. The molecule has 1 N–H and O–H groups in total. The molecule has 0 aliphatic heterocycles. The van der Waals surface area contributed by atoms with Crippen LogP contribution in [0.5, 0.6) is 0 Å². The number of carbonyl (C=O) groups is 2. The van der Waals surface area contributed by atoms with Gasteiger partial charge >= 0.3 is 11.9 Å². The van der Waals surface area contributed by atoms with E-state index in [1.54, 1.807) is 6.92 Å². The summed E-state index contributed by atoms with van der Waals surface area (Å²) in [5.41, 5.74) is 2.32. The van der Waals surface area contributed by atoms with Crippen LogP contribution in [0, 0.1) is 0 Å². The highest BCUT2D eigenvalue weighted by atomic mass is 35.5. The number of esters is 1. The SMILES string of the molecule is CCOC(=O)C(=O)N/N=C/c1c(Cl)ccc(Cl)c1Cl. The van der Waals surface area contributed by atoms with Crippen molar-refractivity contribution >= 4 is 52.9 Å². The third-order valence-electron chi connectivity index (χ3n) is 1.90. The van der Waals surface area contributed by atoms with Gasteiger partial charge in [0.2, 0.25) is 0 Å². The average molecular weight is 324 g/mol. The number of nitrogens with one attached hydrogen (secondary N) is 1. The fourth-order valence-corrected chi connectivity index (χ4v) is 1.69. The summed E-state index contributed by atoms with van der Waals surface area (Å²) in [6, 6.07) is 3.06. The predicted molar refractivity (Wildman–Crippen MR) is 73.8 cm³/mol. The van der Waals surface area contributed by atoms with Crippen LogP contribution in [0.3, 0.4) is 0 Å².